The van der Waals surface area contributed by atoms with Gasteiger partial charge in [-0.25, -0.2) is 0 Å². The standard InChI is InChI=1S/C22H25N5O3S/c1-3-27-19(13-20(28)24-17-10-7-11-18(12-17)30-2)25-26-22(27)31-15-21(29)23-14-16-8-5-4-6-9-16/h4-12H,3,13-15H2,1-2H3,(H,23,29)(H,24,28). The molecule has 9 heteroatoms. The number of nitrogens with one attached hydrogen (secondary N) is 2. The van der Waals surface area contributed by atoms with Crippen LogP contribution < -0.4 is 15.4 Å². The van der Waals surface area contributed by atoms with Gasteiger partial charge in [0.15, 0.2) is 5.16 Å². The number of benzene rings is 2. The molecule has 2 N–H and O–H groups in total. The van der Waals surface area contributed by atoms with E-state index in [-0.39, 0.29) is 24.0 Å². The Morgan fingerprint density at radius 3 is 2.61 bits per heavy atom. The lowest BCUT2D eigenvalue weighted by Gasteiger charge is -2.09. The molecule has 2 aromatic carbocycles. The summed E-state index contributed by atoms with van der Waals surface area (Å²) < 4.78 is 7.02. The van der Waals surface area contributed by atoms with Crippen LogP contribution in [0.2, 0.25) is 0 Å². The van der Waals surface area contributed by atoms with E-state index in [9.17, 15) is 9.59 Å². The minimum absolute atomic E-state index is 0.0822. The molecular weight excluding hydrogens is 414 g/mol. The molecule has 0 saturated carbocycles. The van der Waals surface area contributed by atoms with Crippen molar-refractivity contribution in [3.8, 4) is 5.75 Å². The molecule has 0 aliphatic carbocycles. The molecule has 3 rings (SSSR count). The van der Waals surface area contributed by atoms with Gasteiger partial charge in [-0.05, 0) is 24.6 Å². The SMILES string of the molecule is CCn1c(CC(=O)Nc2cccc(OC)c2)nnc1SCC(=O)NCc1ccccc1. The summed E-state index contributed by atoms with van der Waals surface area (Å²) in [5, 5.41) is 14.6. The maximum Gasteiger partial charge on any atom is 0.232 e. The number of anilines is 1. The Balaban J connectivity index is 1.53. The number of nitrogens with zero attached hydrogens (tertiary/aromatic N) is 3. The number of carbonyl (C=O) groups excluding carboxylic acids is 2. The fourth-order valence-corrected chi connectivity index (χ4v) is 3.75. The minimum Gasteiger partial charge on any atom is -0.497 e. The van der Waals surface area contributed by atoms with E-state index in [4.69, 9.17) is 4.74 Å². The zero-order chi connectivity index (χ0) is 22.1. The summed E-state index contributed by atoms with van der Waals surface area (Å²) in [6.45, 7) is 3.03. The maximum atomic E-state index is 12.4. The topological polar surface area (TPSA) is 98.1 Å². The van der Waals surface area contributed by atoms with Crippen molar-refractivity contribution in [1.29, 1.82) is 0 Å². The highest BCUT2D eigenvalue weighted by Gasteiger charge is 2.16. The number of amides is 2. The van der Waals surface area contributed by atoms with Crippen LogP contribution in [0.25, 0.3) is 0 Å². The predicted molar refractivity (Wildman–Crippen MR) is 120 cm³/mol. The van der Waals surface area contributed by atoms with Crippen LogP contribution in [-0.4, -0.2) is 39.4 Å². The van der Waals surface area contributed by atoms with Gasteiger partial charge in [-0.2, -0.15) is 0 Å². The highest BCUT2D eigenvalue weighted by molar-refractivity contribution is 7.99. The van der Waals surface area contributed by atoms with Crippen LogP contribution in [0.3, 0.4) is 0 Å². The van der Waals surface area contributed by atoms with Gasteiger partial charge in [0.25, 0.3) is 0 Å². The van der Waals surface area contributed by atoms with E-state index in [0.29, 0.717) is 35.5 Å². The number of ether oxygens (including phenoxy) is 1. The highest BCUT2D eigenvalue weighted by Crippen LogP contribution is 2.19. The van der Waals surface area contributed by atoms with Gasteiger partial charge in [0, 0.05) is 24.8 Å². The van der Waals surface area contributed by atoms with E-state index in [0.717, 1.165) is 5.56 Å². The van der Waals surface area contributed by atoms with Gasteiger partial charge in [-0.1, -0.05) is 48.2 Å². The first kappa shape index (κ1) is 22.4. The molecule has 0 unspecified atom stereocenters. The van der Waals surface area contributed by atoms with Gasteiger partial charge in [0.05, 0.1) is 19.3 Å². The van der Waals surface area contributed by atoms with Gasteiger partial charge < -0.3 is 19.9 Å². The lowest BCUT2D eigenvalue weighted by Crippen LogP contribution is -2.24. The number of aromatic nitrogens is 3. The van der Waals surface area contributed by atoms with E-state index in [2.05, 4.69) is 20.8 Å². The summed E-state index contributed by atoms with van der Waals surface area (Å²) in [5.74, 6) is 1.15. The van der Waals surface area contributed by atoms with Crippen molar-refractivity contribution in [1.82, 2.24) is 20.1 Å². The molecule has 0 atom stereocenters. The Morgan fingerprint density at radius 1 is 1.06 bits per heavy atom. The molecule has 3 aromatic rings. The third-order valence-electron chi connectivity index (χ3n) is 4.45. The van der Waals surface area contributed by atoms with Crippen molar-refractivity contribution in [3.05, 3.63) is 66.0 Å². The number of methoxy groups -OCH3 is 1. The molecule has 0 spiro atoms. The molecule has 1 aromatic heterocycles. The van der Waals surface area contributed by atoms with E-state index in [1.54, 1.807) is 25.3 Å². The first-order valence-electron chi connectivity index (χ1n) is 9.88. The summed E-state index contributed by atoms with van der Waals surface area (Å²) in [7, 11) is 1.58. The van der Waals surface area contributed by atoms with E-state index < -0.39 is 0 Å². The van der Waals surface area contributed by atoms with Crippen LogP contribution in [0.4, 0.5) is 5.69 Å². The van der Waals surface area contributed by atoms with E-state index >= 15 is 0 Å². The van der Waals surface area contributed by atoms with Crippen molar-refractivity contribution >= 4 is 29.3 Å². The van der Waals surface area contributed by atoms with Crippen molar-refractivity contribution in [2.75, 3.05) is 18.2 Å². The van der Waals surface area contributed by atoms with E-state index in [1.807, 2.05) is 47.9 Å². The Labute approximate surface area is 185 Å². The number of carbonyl (C=O) groups is 2. The Morgan fingerprint density at radius 2 is 1.87 bits per heavy atom. The molecule has 0 radical (unpaired) electrons. The molecule has 8 nitrogen and oxygen atoms in total. The average Bonchev–Trinajstić information content (AvgIpc) is 3.18. The number of thioether (sulfide) groups is 1. The second-order valence-corrected chi connectivity index (χ2v) is 7.59. The maximum absolute atomic E-state index is 12.4. The van der Waals surface area contributed by atoms with Gasteiger partial charge in [0.1, 0.15) is 11.6 Å². The van der Waals surface area contributed by atoms with Gasteiger partial charge in [-0.3, -0.25) is 9.59 Å². The summed E-state index contributed by atoms with van der Waals surface area (Å²) in [5.41, 5.74) is 1.69. The third kappa shape index (κ3) is 6.58. The molecule has 0 fully saturated rings. The van der Waals surface area contributed by atoms with Gasteiger partial charge in [0.2, 0.25) is 11.8 Å². The molecule has 1 heterocycles. The summed E-state index contributed by atoms with van der Waals surface area (Å²) in [4.78, 5) is 24.6. The predicted octanol–water partition coefficient (Wildman–Crippen LogP) is 2.90. The third-order valence-corrected chi connectivity index (χ3v) is 5.41. The molecule has 0 aliphatic rings. The summed E-state index contributed by atoms with van der Waals surface area (Å²) in [6.07, 6.45) is 0.0822. The molecule has 2 amide bonds. The first-order chi connectivity index (χ1) is 15.1. The van der Waals surface area contributed by atoms with Crippen molar-refractivity contribution < 1.29 is 14.3 Å². The van der Waals surface area contributed by atoms with Crippen LogP contribution in [-0.2, 0) is 29.1 Å². The molecule has 31 heavy (non-hydrogen) atoms. The first-order valence-corrected chi connectivity index (χ1v) is 10.9. The van der Waals surface area contributed by atoms with E-state index in [1.165, 1.54) is 11.8 Å². The van der Waals surface area contributed by atoms with Crippen LogP contribution in [0.1, 0.15) is 18.3 Å². The van der Waals surface area contributed by atoms with Crippen LogP contribution in [0.5, 0.6) is 5.75 Å². The highest BCUT2D eigenvalue weighted by atomic mass is 32.2. The zero-order valence-corrected chi connectivity index (χ0v) is 18.3. The van der Waals surface area contributed by atoms with Gasteiger partial charge >= 0.3 is 0 Å². The van der Waals surface area contributed by atoms with Crippen LogP contribution in [0.15, 0.2) is 59.8 Å². The summed E-state index contributed by atoms with van der Waals surface area (Å²) in [6, 6.07) is 16.9. The number of hydrogen-bond acceptors (Lipinski definition) is 6. The fraction of sp³-hybridized carbons (Fsp3) is 0.273. The lowest BCUT2D eigenvalue weighted by atomic mass is 10.2. The van der Waals surface area contributed by atoms with Crippen molar-refractivity contribution in [2.24, 2.45) is 0 Å². The van der Waals surface area contributed by atoms with Crippen molar-refractivity contribution in [3.63, 3.8) is 0 Å². The average molecular weight is 440 g/mol. The Bertz CT molecular complexity index is 1020. The monoisotopic (exact) mass is 439 g/mol. The quantitative estimate of drug-likeness (QED) is 0.472. The Hall–Kier alpha value is -3.33. The molecular formula is C22H25N5O3S. The zero-order valence-electron chi connectivity index (χ0n) is 17.5. The molecule has 0 saturated heterocycles. The molecule has 162 valence electrons. The lowest BCUT2D eigenvalue weighted by molar-refractivity contribution is -0.118. The van der Waals surface area contributed by atoms with Crippen LogP contribution >= 0.6 is 11.8 Å². The normalized spacial score (nSPS) is 10.5. The number of hydrogen-bond donors (Lipinski definition) is 2. The van der Waals surface area contributed by atoms with Crippen molar-refractivity contribution in [2.45, 2.75) is 31.6 Å². The molecule has 0 aliphatic heterocycles. The van der Waals surface area contributed by atoms with Gasteiger partial charge in [-0.15, -0.1) is 10.2 Å². The largest absolute Gasteiger partial charge is 0.497 e. The minimum atomic E-state index is -0.201. The second-order valence-electron chi connectivity index (χ2n) is 6.65. The van der Waals surface area contributed by atoms with Crippen LogP contribution in [0, 0.1) is 0 Å². The fourth-order valence-electron chi connectivity index (χ4n) is 2.90. The molecule has 0 bridgehead atoms. The Kier molecular flexibility index (Phi) is 8.05. The summed E-state index contributed by atoms with van der Waals surface area (Å²) >= 11 is 1.30. The smallest absolute Gasteiger partial charge is 0.232 e. The number of rotatable bonds is 10. The second kappa shape index (κ2) is 11.2.